The molecule has 1 N–H and O–H groups in total. The zero-order valence-corrected chi connectivity index (χ0v) is 31.7. The minimum Gasteiger partial charge on any atom is -0.550 e. The minimum atomic E-state index is -0.935. The van der Waals surface area contributed by atoms with E-state index in [0.717, 1.165) is 25.7 Å². The van der Waals surface area contributed by atoms with Crippen LogP contribution in [0.25, 0.3) is 0 Å². The fourth-order valence-electron chi connectivity index (χ4n) is 4.57. The summed E-state index contributed by atoms with van der Waals surface area (Å²) in [4.78, 5) is 30.0. The maximum absolute atomic E-state index is 10.2. The molecule has 0 saturated carbocycles. The van der Waals surface area contributed by atoms with E-state index in [-0.39, 0.29) is 37.9 Å². The standard InChI is InChI=1S/2C16H32O2.C4H6O2.Zn/c2*1-2-3-4-5-6-7-8-9-10-11-12-13-14-15-16(17)18;1-3(2)4(5)6;/h2*2-15H2,1H3,(H,17,18);1H2,2H3,(H,5,6);/q;;;+2/p-2. The summed E-state index contributed by atoms with van der Waals surface area (Å²) in [5.41, 5.74) is 0.176. The smallest absolute Gasteiger partial charge is 0.550 e. The third-order valence-electron chi connectivity index (χ3n) is 7.33. The molecule has 0 spiro atoms. The van der Waals surface area contributed by atoms with E-state index in [1.165, 1.54) is 148 Å². The number of aliphatic carboxylic acids is 3. The van der Waals surface area contributed by atoms with Gasteiger partial charge < -0.3 is 24.9 Å². The van der Waals surface area contributed by atoms with Crippen molar-refractivity contribution in [3.8, 4) is 0 Å². The molecule has 0 aromatic rings. The third kappa shape index (κ3) is 57.1. The summed E-state index contributed by atoms with van der Waals surface area (Å²) in [5, 5.41) is 28.3. The topological polar surface area (TPSA) is 118 Å². The molecular formula is C36H68O6Zn. The van der Waals surface area contributed by atoms with Gasteiger partial charge in [-0.05, 0) is 32.6 Å². The molecule has 0 aromatic carbocycles. The van der Waals surface area contributed by atoms with E-state index < -0.39 is 17.9 Å². The van der Waals surface area contributed by atoms with Gasteiger partial charge >= 0.3 is 25.4 Å². The molecule has 0 fully saturated rings. The van der Waals surface area contributed by atoms with Gasteiger partial charge in [-0.2, -0.15) is 0 Å². The summed E-state index contributed by atoms with van der Waals surface area (Å²) in [6, 6.07) is 0. The minimum absolute atomic E-state index is 0. The SMILES string of the molecule is C=C(C)C(=O)O.CCCCCCCCCCCCCCCC(=O)[O-].CCCCCCCCCCCCCCCC(=O)[O-].[Zn+2]. The van der Waals surface area contributed by atoms with Crippen molar-refractivity contribution in [3.63, 3.8) is 0 Å². The van der Waals surface area contributed by atoms with Crippen LogP contribution in [-0.4, -0.2) is 23.0 Å². The van der Waals surface area contributed by atoms with E-state index in [0.29, 0.717) is 0 Å². The molecular weight excluding hydrogens is 594 g/mol. The first-order chi connectivity index (χ1) is 20.2. The zero-order chi connectivity index (χ0) is 32.1. The van der Waals surface area contributed by atoms with Crippen molar-refractivity contribution in [1.82, 2.24) is 0 Å². The summed E-state index contributed by atoms with van der Waals surface area (Å²) in [7, 11) is 0. The molecule has 0 atom stereocenters. The van der Waals surface area contributed by atoms with Crippen molar-refractivity contribution in [2.24, 2.45) is 0 Å². The molecule has 250 valence electrons. The first kappa shape index (κ1) is 48.7. The molecule has 7 heteroatoms. The molecule has 0 heterocycles. The number of carboxylic acid groups (broad SMARTS) is 3. The molecule has 0 aromatic heterocycles. The van der Waals surface area contributed by atoms with Crippen molar-refractivity contribution in [2.75, 3.05) is 0 Å². The van der Waals surface area contributed by atoms with Crippen LogP contribution < -0.4 is 10.2 Å². The number of rotatable bonds is 29. The van der Waals surface area contributed by atoms with E-state index in [2.05, 4.69) is 20.4 Å². The zero-order valence-electron chi connectivity index (χ0n) is 28.7. The molecule has 0 saturated heterocycles. The van der Waals surface area contributed by atoms with Gasteiger partial charge in [0.05, 0.1) is 0 Å². The Balaban J connectivity index is -0.000000292. The van der Waals surface area contributed by atoms with E-state index >= 15 is 0 Å². The Morgan fingerprint density at radius 3 is 0.767 bits per heavy atom. The molecule has 0 rings (SSSR count). The number of carbonyl (C=O) groups excluding carboxylic acids is 2. The van der Waals surface area contributed by atoms with E-state index in [4.69, 9.17) is 5.11 Å². The van der Waals surface area contributed by atoms with Gasteiger partial charge in [0.1, 0.15) is 0 Å². The Kier molecular flexibility index (Phi) is 48.6. The Hall–Kier alpha value is -1.23. The van der Waals surface area contributed by atoms with Gasteiger partial charge in [0.15, 0.2) is 0 Å². The van der Waals surface area contributed by atoms with Crippen LogP contribution in [0.1, 0.15) is 201 Å². The summed E-state index contributed by atoms with van der Waals surface area (Å²) >= 11 is 0. The molecule has 0 aliphatic rings. The molecule has 0 aliphatic heterocycles. The van der Waals surface area contributed by atoms with Crippen LogP contribution >= 0.6 is 0 Å². The Morgan fingerprint density at radius 2 is 0.628 bits per heavy atom. The summed E-state index contributed by atoms with van der Waals surface area (Å²) < 4.78 is 0. The van der Waals surface area contributed by atoms with E-state index in [1.54, 1.807) is 0 Å². The normalized spacial score (nSPS) is 10.0. The summed E-state index contributed by atoms with van der Waals surface area (Å²) in [6.07, 6.45) is 33.9. The fourth-order valence-corrected chi connectivity index (χ4v) is 4.57. The van der Waals surface area contributed by atoms with Crippen molar-refractivity contribution in [3.05, 3.63) is 12.2 Å². The molecule has 0 aliphatic carbocycles. The number of unbranched alkanes of at least 4 members (excludes halogenated alkanes) is 24. The second-order valence-corrected chi connectivity index (χ2v) is 11.8. The van der Waals surface area contributed by atoms with Gasteiger partial charge in [-0.3, -0.25) is 0 Å². The number of hydrogen-bond donors (Lipinski definition) is 1. The van der Waals surface area contributed by atoms with Crippen LogP contribution in [-0.2, 0) is 33.9 Å². The quantitative estimate of drug-likeness (QED) is 0.0485. The monoisotopic (exact) mass is 660 g/mol. The van der Waals surface area contributed by atoms with Gasteiger partial charge in [-0.1, -0.05) is 175 Å². The van der Waals surface area contributed by atoms with Gasteiger partial charge in [0.25, 0.3) is 0 Å². The summed E-state index contributed by atoms with van der Waals surface area (Å²) in [6.45, 7) is 9.12. The number of carbonyl (C=O) groups is 3. The maximum Gasteiger partial charge on any atom is 2.00 e. The third-order valence-corrected chi connectivity index (χ3v) is 7.33. The van der Waals surface area contributed by atoms with Gasteiger partial charge in [0, 0.05) is 17.5 Å². The van der Waals surface area contributed by atoms with Crippen LogP contribution in [0.5, 0.6) is 0 Å². The Labute approximate surface area is 279 Å². The van der Waals surface area contributed by atoms with Gasteiger partial charge in [-0.25, -0.2) is 4.79 Å². The average Bonchev–Trinajstić information content (AvgIpc) is 2.94. The van der Waals surface area contributed by atoms with E-state index in [9.17, 15) is 24.6 Å². The molecule has 43 heavy (non-hydrogen) atoms. The van der Waals surface area contributed by atoms with E-state index in [1.807, 2.05) is 0 Å². The van der Waals surface area contributed by atoms with Crippen molar-refractivity contribution in [2.45, 2.75) is 201 Å². The van der Waals surface area contributed by atoms with Crippen LogP contribution in [0.2, 0.25) is 0 Å². The first-order valence-electron chi connectivity index (χ1n) is 17.5. The van der Waals surface area contributed by atoms with Crippen molar-refractivity contribution >= 4 is 17.9 Å². The largest absolute Gasteiger partial charge is 2.00 e. The van der Waals surface area contributed by atoms with Crippen LogP contribution in [0.15, 0.2) is 12.2 Å². The molecule has 6 nitrogen and oxygen atoms in total. The van der Waals surface area contributed by atoms with Gasteiger partial charge in [-0.15, -0.1) is 0 Å². The van der Waals surface area contributed by atoms with Crippen LogP contribution in [0.4, 0.5) is 0 Å². The van der Waals surface area contributed by atoms with Crippen LogP contribution in [0, 0.1) is 0 Å². The number of carboxylic acids is 3. The molecule has 0 bridgehead atoms. The van der Waals surface area contributed by atoms with Crippen LogP contribution in [0.3, 0.4) is 0 Å². The molecule has 0 unspecified atom stereocenters. The maximum atomic E-state index is 10.2. The molecule has 0 amide bonds. The Bertz CT molecular complexity index is 557. The second kappa shape index (κ2) is 42.9. The Morgan fingerprint density at radius 1 is 0.465 bits per heavy atom. The van der Waals surface area contributed by atoms with Crippen molar-refractivity contribution < 1.29 is 49.2 Å². The average molecular weight is 662 g/mol. The van der Waals surface area contributed by atoms with Crippen molar-refractivity contribution in [1.29, 1.82) is 0 Å². The predicted octanol–water partition coefficient (Wildman–Crippen LogP) is 9.08. The fraction of sp³-hybridized carbons (Fsp3) is 0.861. The summed E-state index contributed by atoms with van der Waals surface area (Å²) in [5.74, 6) is -2.74. The number of hydrogen-bond acceptors (Lipinski definition) is 5. The predicted molar refractivity (Wildman–Crippen MR) is 173 cm³/mol. The first-order valence-corrected chi connectivity index (χ1v) is 17.5. The second-order valence-electron chi connectivity index (χ2n) is 11.8. The molecule has 0 radical (unpaired) electrons. The van der Waals surface area contributed by atoms with Gasteiger partial charge in [0.2, 0.25) is 0 Å².